The van der Waals surface area contributed by atoms with E-state index in [9.17, 15) is 4.79 Å². The van der Waals surface area contributed by atoms with Crippen molar-refractivity contribution < 1.29 is 19.0 Å². The molecule has 2 aromatic carbocycles. The molecular weight excluding hydrogens is 433 g/mol. The molecule has 2 aromatic rings. The Morgan fingerprint density at radius 1 is 1.08 bits per heavy atom. The molecule has 25 heavy (non-hydrogen) atoms. The Kier molecular flexibility index (Phi) is 6.92. The van der Waals surface area contributed by atoms with Gasteiger partial charge in [-0.15, -0.1) is 0 Å². The highest BCUT2D eigenvalue weighted by atomic mass is 127. The summed E-state index contributed by atoms with van der Waals surface area (Å²) in [7, 11) is 4.88. The van der Waals surface area contributed by atoms with Crippen LogP contribution in [0.3, 0.4) is 0 Å². The molecule has 0 saturated carbocycles. The molecule has 134 valence electrons. The predicted molar refractivity (Wildman–Crippen MR) is 106 cm³/mol. The summed E-state index contributed by atoms with van der Waals surface area (Å²) in [5, 5.41) is 0. The molecule has 0 fully saturated rings. The molecule has 5 nitrogen and oxygen atoms in total. The zero-order chi connectivity index (χ0) is 18.4. The third-order valence-electron chi connectivity index (χ3n) is 3.77. The number of ether oxygens (including phenoxy) is 3. The van der Waals surface area contributed by atoms with Gasteiger partial charge >= 0.3 is 0 Å². The van der Waals surface area contributed by atoms with E-state index in [0.29, 0.717) is 30.2 Å². The van der Waals surface area contributed by atoms with Crippen LogP contribution in [0.15, 0.2) is 36.4 Å². The Hall–Kier alpha value is -1.96. The number of methoxy groups -OCH3 is 2. The number of amides is 1. The minimum atomic E-state index is -0.0853. The largest absolute Gasteiger partial charge is 0.493 e. The van der Waals surface area contributed by atoms with E-state index in [0.717, 1.165) is 9.32 Å². The number of rotatable bonds is 7. The molecule has 2 rings (SSSR count). The predicted octanol–water partition coefficient (Wildman–Crippen LogP) is 3.77. The van der Waals surface area contributed by atoms with Crippen molar-refractivity contribution in [3.63, 3.8) is 0 Å². The third-order valence-corrected chi connectivity index (χ3v) is 4.66. The molecule has 0 radical (unpaired) electrons. The van der Waals surface area contributed by atoms with Crippen molar-refractivity contribution in [1.82, 2.24) is 4.90 Å². The zero-order valence-electron chi connectivity index (χ0n) is 14.8. The molecule has 0 aliphatic rings. The first-order valence-corrected chi connectivity index (χ1v) is 8.90. The molecule has 0 unspecified atom stereocenters. The number of hydrogen-bond acceptors (Lipinski definition) is 4. The van der Waals surface area contributed by atoms with Crippen LogP contribution in [0, 0.1) is 10.5 Å². The molecule has 0 N–H and O–H groups in total. The van der Waals surface area contributed by atoms with Crippen molar-refractivity contribution in [3.05, 3.63) is 51.1 Å². The molecule has 0 atom stereocenters. The van der Waals surface area contributed by atoms with Gasteiger partial charge in [0.2, 0.25) is 0 Å². The molecule has 0 aromatic heterocycles. The molecule has 1 amide bonds. The van der Waals surface area contributed by atoms with Crippen molar-refractivity contribution in [3.8, 4) is 17.2 Å². The SMILES string of the molecule is COc1cc(I)c(C(=O)N(C)CCOc2ccc(C)cc2)cc1OC. The van der Waals surface area contributed by atoms with Crippen molar-refractivity contribution in [2.75, 3.05) is 34.4 Å². The van der Waals surface area contributed by atoms with E-state index in [-0.39, 0.29) is 5.91 Å². The van der Waals surface area contributed by atoms with Crippen LogP contribution < -0.4 is 14.2 Å². The Morgan fingerprint density at radius 3 is 2.28 bits per heavy atom. The van der Waals surface area contributed by atoms with E-state index in [1.54, 1.807) is 38.3 Å². The minimum Gasteiger partial charge on any atom is -0.493 e. The van der Waals surface area contributed by atoms with Crippen LogP contribution in [-0.2, 0) is 0 Å². The monoisotopic (exact) mass is 455 g/mol. The van der Waals surface area contributed by atoms with E-state index in [1.807, 2.05) is 31.2 Å². The lowest BCUT2D eigenvalue weighted by molar-refractivity contribution is 0.0772. The van der Waals surface area contributed by atoms with Crippen LogP contribution >= 0.6 is 22.6 Å². The zero-order valence-corrected chi connectivity index (χ0v) is 17.0. The van der Waals surface area contributed by atoms with Gasteiger partial charge in [0.25, 0.3) is 5.91 Å². The second-order valence-electron chi connectivity index (χ2n) is 5.58. The van der Waals surface area contributed by atoms with Crippen LogP contribution in [0.2, 0.25) is 0 Å². The quantitative estimate of drug-likeness (QED) is 0.597. The number of likely N-dealkylation sites (N-methyl/N-ethyl adjacent to an activating group) is 1. The average Bonchev–Trinajstić information content (AvgIpc) is 2.62. The normalized spacial score (nSPS) is 10.3. The van der Waals surface area contributed by atoms with Gasteiger partial charge in [-0.2, -0.15) is 0 Å². The first-order chi connectivity index (χ1) is 12.0. The Labute approximate surface area is 162 Å². The van der Waals surface area contributed by atoms with Gasteiger partial charge in [0.05, 0.1) is 26.3 Å². The van der Waals surface area contributed by atoms with Crippen LogP contribution in [0.5, 0.6) is 17.2 Å². The highest BCUT2D eigenvalue weighted by Gasteiger charge is 2.18. The summed E-state index contributed by atoms with van der Waals surface area (Å²) < 4.78 is 17.0. The van der Waals surface area contributed by atoms with Gasteiger partial charge in [0, 0.05) is 10.6 Å². The van der Waals surface area contributed by atoms with Crippen LogP contribution in [0.1, 0.15) is 15.9 Å². The van der Waals surface area contributed by atoms with Crippen LogP contribution in [-0.4, -0.2) is 45.2 Å². The average molecular weight is 455 g/mol. The highest BCUT2D eigenvalue weighted by Crippen LogP contribution is 2.31. The molecule has 0 spiro atoms. The fourth-order valence-electron chi connectivity index (χ4n) is 2.26. The standard InChI is InChI=1S/C19H22INO4/c1-13-5-7-14(8-6-13)25-10-9-21(2)19(22)15-11-17(23-3)18(24-4)12-16(15)20/h5-8,11-12H,9-10H2,1-4H3. The fraction of sp³-hybridized carbons (Fsp3) is 0.316. The first kappa shape index (κ1) is 19.4. The Morgan fingerprint density at radius 2 is 1.68 bits per heavy atom. The smallest absolute Gasteiger partial charge is 0.254 e. The summed E-state index contributed by atoms with van der Waals surface area (Å²) in [6, 6.07) is 11.3. The number of hydrogen-bond donors (Lipinski definition) is 0. The van der Waals surface area contributed by atoms with Crippen molar-refractivity contribution in [2.24, 2.45) is 0 Å². The van der Waals surface area contributed by atoms with Crippen LogP contribution in [0.4, 0.5) is 0 Å². The Bertz CT molecular complexity index is 731. The first-order valence-electron chi connectivity index (χ1n) is 7.82. The van der Waals surface area contributed by atoms with E-state index in [2.05, 4.69) is 22.6 Å². The van der Waals surface area contributed by atoms with Gasteiger partial charge in [-0.3, -0.25) is 4.79 Å². The number of halogens is 1. The topological polar surface area (TPSA) is 48.0 Å². The van der Waals surface area contributed by atoms with E-state index < -0.39 is 0 Å². The summed E-state index contributed by atoms with van der Waals surface area (Å²) >= 11 is 2.13. The van der Waals surface area contributed by atoms with Gasteiger partial charge in [-0.25, -0.2) is 0 Å². The number of nitrogens with zero attached hydrogens (tertiary/aromatic N) is 1. The summed E-state index contributed by atoms with van der Waals surface area (Å²) in [5.41, 5.74) is 1.76. The van der Waals surface area contributed by atoms with Crippen molar-refractivity contribution >= 4 is 28.5 Å². The summed E-state index contributed by atoms with van der Waals surface area (Å²) in [6.45, 7) is 2.94. The number of aryl methyl sites for hydroxylation is 1. The molecule has 0 heterocycles. The van der Waals surface area contributed by atoms with Gasteiger partial charge in [0.15, 0.2) is 11.5 Å². The number of carbonyl (C=O) groups excluding carboxylic acids is 1. The van der Waals surface area contributed by atoms with Gasteiger partial charge < -0.3 is 19.1 Å². The maximum absolute atomic E-state index is 12.7. The number of benzene rings is 2. The fourth-order valence-corrected chi connectivity index (χ4v) is 2.93. The maximum atomic E-state index is 12.7. The molecule has 6 heteroatoms. The molecule has 0 aliphatic carbocycles. The molecule has 0 aliphatic heterocycles. The third kappa shape index (κ3) is 5.01. The Balaban J connectivity index is 2.00. The lowest BCUT2D eigenvalue weighted by Gasteiger charge is -2.19. The van der Waals surface area contributed by atoms with Crippen molar-refractivity contribution in [2.45, 2.75) is 6.92 Å². The lowest BCUT2D eigenvalue weighted by atomic mass is 10.1. The van der Waals surface area contributed by atoms with E-state index in [1.165, 1.54) is 5.56 Å². The van der Waals surface area contributed by atoms with Crippen molar-refractivity contribution in [1.29, 1.82) is 0 Å². The summed E-state index contributed by atoms with van der Waals surface area (Å²) in [6.07, 6.45) is 0. The second-order valence-corrected chi connectivity index (χ2v) is 6.74. The minimum absolute atomic E-state index is 0.0853. The highest BCUT2D eigenvalue weighted by molar-refractivity contribution is 14.1. The molecular formula is C19H22INO4. The van der Waals surface area contributed by atoms with Crippen LogP contribution in [0.25, 0.3) is 0 Å². The van der Waals surface area contributed by atoms with Gasteiger partial charge in [0.1, 0.15) is 12.4 Å². The maximum Gasteiger partial charge on any atom is 0.254 e. The number of carbonyl (C=O) groups is 1. The second kappa shape index (κ2) is 8.94. The van der Waals surface area contributed by atoms with E-state index in [4.69, 9.17) is 14.2 Å². The lowest BCUT2D eigenvalue weighted by Crippen LogP contribution is -2.31. The summed E-state index contributed by atoms with van der Waals surface area (Å²) in [5.74, 6) is 1.86. The van der Waals surface area contributed by atoms with Gasteiger partial charge in [-0.1, -0.05) is 17.7 Å². The molecule has 0 saturated heterocycles. The molecule has 0 bridgehead atoms. The van der Waals surface area contributed by atoms with Gasteiger partial charge in [-0.05, 0) is 53.8 Å². The summed E-state index contributed by atoms with van der Waals surface area (Å²) in [4.78, 5) is 14.3. The van der Waals surface area contributed by atoms with E-state index >= 15 is 0 Å².